The number of nitrogen functional groups attached to an aromatic ring is 1. The van der Waals surface area contributed by atoms with Crippen LogP contribution in [0.3, 0.4) is 0 Å². The van der Waals surface area contributed by atoms with Crippen LogP contribution in [0.25, 0.3) is 0 Å². The number of H-pyrrole nitrogens is 1. The number of nitrogens with zero attached hydrogens (tertiary/aromatic N) is 3. The van der Waals surface area contributed by atoms with Crippen molar-refractivity contribution in [1.82, 2.24) is 20.1 Å². The van der Waals surface area contributed by atoms with E-state index in [4.69, 9.17) is 5.73 Å². The molecule has 0 unspecified atom stereocenters. The Balaban J connectivity index is 2.07. The van der Waals surface area contributed by atoms with E-state index in [1.807, 2.05) is 0 Å². The highest BCUT2D eigenvalue weighted by atomic mass is 16.2. The Labute approximate surface area is 98.5 Å². The molecule has 0 aromatic carbocycles. The predicted molar refractivity (Wildman–Crippen MR) is 63.0 cm³/mol. The normalized spacial score (nSPS) is 10.2. The smallest absolute Gasteiger partial charge is 0.272 e. The van der Waals surface area contributed by atoms with Gasteiger partial charge in [0.25, 0.3) is 5.91 Å². The van der Waals surface area contributed by atoms with Crippen LogP contribution in [0.15, 0.2) is 30.7 Å². The van der Waals surface area contributed by atoms with Gasteiger partial charge in [-0.3, -0.25) is 9.89 Å². The van der Waals surface area contributed by atoms with Gasteiger partial charge in [0, 0.05) is 25.4 Å². The van der Waals surface area contributed by atoms with Gasteiger partial charge < -0.3 is 10.6 Å². The molecule has 3 N–H and O–H groups in total. The number of rotatable bonds is 3. The fourth-order valence-electron chi connectivity index (χ4n) is 1.44. The second-order valence-corrected chi connectivity index (χ2v) is 3.74. The summed E-state index contributed by atoms with van der Waals surface area (Å²) < 4.78 is 0. The summed E-state index contributed by atoms with van der Waals surface area (Å²) in [7, 11) is 1.72. The van der Waals surface area contributed by atoms with Crippen LogP contribution in [-0.4, -0.2) is 33.0 Å². The fourth-order valence-corrected chi connectivity index (χ4v) is 1.44. The summed E-state index contributed by atoms with van der Waals surface area (Å²) in [6.07, 6.45) is 4.90. The first kappa shape index (κ1) is 11.1. The zero-order valence-electron chi connectivity index (χ0n) is 9.42. The molecular formula is C11H13N5O. The predicted octanol–water partition coefficient (Wildman–Crippen LogP) is 0.659. The van der Waals surface area contributed by atoms with Gasteiger partial charge in [-0.05, 0) is 12.1 Å². The van der Waals surface area contributed by atoms with Gasteiger partial charge in [-0.2, -0.15) is 5.10 Å². The number of nitrogens with two attached hydrogens (primary N) is 1. The van der Waals surface area contributed by atoms with Crippen LogP contribution in [0.4, 0.5) is 5.69 Å². The molecule has 2 aromatic rings. The lowest BCUT2D eigenvalue weighted by Gasteiger charge is -2.15. The number of pyridine rings is 1. The second kappa shape index (κ2) is 4.65. The molecule has 6 nitrogen and oxygen atoms in total. The van der Waals surface area contributed by atoms with Crippen molar-refractivity contribution >= 4 is 11.6 Å². The van der Waals surface area contributed by atoms with E-state index in [0.717, 1.165) is 5.56 Å². The molecule has 2 rings (SSSR count). The van der Waals surface area contributed by atoms with Crippen LogP contribution in [0, 0.1) is 0 Å². The van der Waals surface area contributed by atoms with E-state index in [9.17, 15) is 4.79 Å². The third-order valence-electron chi connectivity index (χ3n) is 2.33. The zero-order valence-corrected chi connectivity index (χ0v) is 9.42. The van der Waals surface area contributed by atoms with Crippen molar-refractivity contribution in [2.45, 2.75) is 6.54 Å². The summed E-state index contributed by atoms with van der Waals surface area (Å²) in [5, 5.41) is 6.52. The lowest BCUT2D eigenvalue weighted by molar-refractivity contribution is 0.0779. The minimum atomic E-state index is -0.147. The molecule has 0 spiro atoms. The number of carbonyl (C=O) groups is 1. The number of hydrogen-bond acceptors (Lipinski definition) is 4. The molecule has 17 heavy (non-hydrogen) atoms. The summed E-state index contributed by atoms with van der Waals surface area (Å²) in [4.78, 5) is 17.5. The zero-order chi connectivity index (χ0) is 12.3. The monoisotopic (exact) mass is 231 g/mol. The Bertz CT molecular complexity index is 491. The molecule has 88 valence electrons. The van der Waals surface area contributed by atoms with Crippen LogP contribution in [0.1, 0.15) is 16.1 Å². The standard InChI is InChI=1S/C11H13N5O/c1-16(7-8-4-14-15-5-8)11(17)10-3-2-9(12)6-13-10/h2-6H,7,12H2,1H3,(H,14,15). The first-order chi connectivity index (χ1) is 8.16. The van der Waals surface area contributed by atoms with Crippen molar-refractivity contribution in [3.05, 3.63) is 42.0 Å². The first-order valence-electron chi connectivity index (χ1n) is 5.11. The Morgan fingerprint density at radius 3 is 2.88 bits per heavy atom. The van der Waals surface area contributed by atoms with Crippen molar-refractivity contribution in [2.75, 3.05) is 12.8 Å². The highest BCUT2D eigenvalue weighted by molar-refractivity contribution is 5.92. The van der Waals surface area contributed by atoms with Crippen LogP contribution in [0.2, 0.25) is 0 Å². The van der Waals surface area contributed by atoms with Crippen LogP contribution < -0.4 is 5.73 Å². The van der Waals surface area contributed by atoms with Gasteiger partial charge in [0.1, 0.15) is 5.69 Å². The van der Waals surface area contributed by atoms with Crippen molar-refractivity contribution in [1.29, 1.82) is 0 Å². The summed E-state index contributed by atoms with van der Waals surface area (Å²) in [5.74, 6) is -0.147. The molecule has 0 atom stereocenters. The number of nitrogens with one attached hydrogen (secondary N) is 1. The Morgan fingerprint density at radius 1 is 1.47 bits per heavy atom. The minimum absolute atomic E-state index is 0.147. The molecule has 6 heteroatoms. The van der Waals surface area contributed by atoms with Gasteiger partial charge >= 0.3 is 0 Å². The van der Waals surface area contributed by atoms with E-state index in [2.05, 4.69) is 15.2 Å². The molecule has 0 bridgehead atoms. The van der Waals surface area contributed by atoms with E-state index in [0.29, 0.717) is 17.9 Å². The lowest BCUT2D eigenvalue weighted by atomic mass is 10.3. The van der Waals surface area contributed by atoms with Gasteiger partial charge in [-0.25, -0.2) is 4.98 Å². The molecular weight excluding hydrogens is 218 g/mol. The lowest BCUT2D eigenvalue weighted by Crippen LogP contribution is -2.26. The molecule has 2 aromatic heterocycles. The van der Waals surface area contributed by atoms with Crippen LogP contribution in [0.5, 0.6) is 0 Å². The van der Waals surface area contributed by atoms with E-state index in [1.54, 1.807) is 36.5 Å². The van der Waals surface area contributed by atoms with Gasteiger partial charge in [-0.15, -0.1) is 0 Å². The summed E-state index contributed by atoms with van der Waals surface area (Å²) in [5.41, 5.74) is 7.37. The number of aromatic amines is 1. The number of hydrogen-bond donors (Lipinski definition) is 2. The van der Waals surface area contributed by atoms with E-state index in [-0.39, 0.29) is 5.91 Å². The van der Waals surface area contributed by atoms with Crippen molar-refractivity contribution in [3.8, 4) is 0 Å². The number of aromatic nitrogens is 3. The highest BCUT2D eigenvalue weighted by Crippen LogP contribution is 2.07. The van der Waals surface area contributed by atoms with Crippen molar-refractivity contribution in [2.24, 2.45) is 0 Å². The summed E-state index contributed by atoms with van der Waals surface area (Å²) in [6, 6.07) is 3.27. The van der Waals surface area contributed by atoms with E-state index in [1.165, 1.54) is 6.20 Å². The summed E-state index contributed by atoms with van der Waals surface area (Å²) >= 11 is 0. The Hall–Kier alpha value is -2.37. The highest BCUT2D eigenvalue weighted by Gasteiger charge is 2.13. The van der Waals surface area contributed by atoms with Crippen LogP contribution in [-0.2, 0) is 6.54 Å². The SMILES string of the molecule is CN(Cc1cn[nH]c1)C(=O)c1ccc(N)cn1. The fraction of sp³-hybridized carbons (Fsp3) is 0.182. The molecule has 0 aliphatic heterocycles. The maximum atomic E-state index is 12.0. The first-order valence-corrected chi connectivity index (χ1v) is 5.11. The van der Waals surface area contributed by atoms with E-state index < -0.39 is 0 Å². The maximum Gasteiger partial charge on any atom is 0.272 e. The Kier molecular flexibility index (Phi) is 3.04. The van der Waals surface area contributed by atoms with E-state index >= 15 is 0 Å². The molecule has 1 amide bonds. The number of amides is 1. The largest absolute Gasteiger partial charge is 0.397 e. The molecule has 0 saturated carbocycles. The van der Waals surface area contributed by atoms with Gasteiger partial charge in [0.2, 0.25) is 0 Å². The molecule has 0 aliphatic rings. The second-order valence-electron chi connectivity index (χ2n) is 3.74. The minimum Gasteiger partial charge on any atom is -0.397 e. The average molecular weight is 231 g/mol. The van der Waals surface area contributed by atoms with Gasteiger partial charge in [0.15, 0.2) is 0 Å². The number of anilines is 1. The Morgan fingerprint density at radius 2 is 2.29 bits per heavy atom. The quantitative estimate of drug-likeness (QED) is 0.812. The molecule has 0 fully saturated rings. The maximum absolute atomic E-state index is 12.0. The third kappa shape index (κ3) is 2.60. The van der Waals surface area contributed by atoms with Gasteiger partial charge in [0.05, 0.1) is 18.1 Å². The van der Waals surface area contributed by atoms with Crippen molar-refractivity contribution in [3.63, 3.8) is 0 Å². The third-order valence-corrected chi connectivity index (χ3v) is 2.33. The molecule has 0 aliphatic carbocycles. The molecule has 0 saturated heterocycles. The van der Waals surface area contributed by atoms with Gasteiger partial charge in [-0.1, -0.05) is 0 Å². The topological polar surface area (TPSA) is 87.9 Å². The average Bonchev–Trinajstić information content (AvgIpc) is 2.82. The molecule has 2 heterocycles. The summed E-state index contributed by atoms with van der Waals surface area (Å²) in [6.45, 7) is 0.487. The van der Waals surface area contributed by atoms with Crippen LogP contribution >= 0.6 is 0 Å². The van der Waals surface area contributed by atoms with Crippen molar-refractivity contribution < 1.29 is 4.79 Å². The number of carbonyl (C=O) groups excluding carboxylic acids is 1. The molecule has 0 radical (unpaired) electrons.